The van der Waals surface area contributed by atoms with Gasteiger partial charge < -0.3 is 0 Å². The van der Waals surface area contributed by atoms with Gasteiger partial charge in [-0.1, -0.05) is 13.3 Å². The Kier molecular flexibility index (Phi) is 5.27. The van der Waals surface area contributed by atoms with Crippen LogP contribution in [0.15, 0.2) is 4.99 Å². The topological polar surface area (TPSA) is 12.4 Å². The van der Waals surface area contributed by atoms with Gasteiger partial charge in [0.2, 0.25) is 0 Å². The molecule has 0 aromatic rings. The van der Waals surface area contributed by atoms with Crippen molar-refractivity contribution in [2.24, 2.45) is 4.99 Å². The molecular formula is C9H19N. The number of hydrogen-bond acceptors (Lipinski definition) is 1. The highest BCUT2D eigenvalue weighted by Crippen LogP contribution is 1.98. The molecule has 1 heteroatoms. The van der Waals surface area contributed by atoms with Crippen molar-refractivity contribution < 1.29 is 0 Å². The molecule has 0 aliphatic carbocycles. The van der Waals surface area contributed by atoms with Gasteiger partial charge in [-0.25, -0.2) is 0 Å². The number of aliphatic imine (C=N–C) groups is 1. The minimum atomic E-state index is 0.469. The molecule has 0 atom stereocenters. The zero-order valence-corrected chi connectivity index (χ0v) is 7.65. The van der Waals surface area contributed by atoms with Gasteiger partial charge in [0.15, 0.2) is 0 Å². The summed E-state index contributed by atoms with van der Waals surface area (Å²) in [4.78, 5) is 4.43. The van der Waals surface area contributed by atoms with Crippen LogP contribution in [0.2, 0.25) is 0 Å². The zero-order chi connectivity index (χ0) is 7.98. The maximum Gasteiger partial charge on any atom is 0.0442 e. The Morgan fingerprint density at radius 3 is 2.40 bits per heavy atom. The van der Waals surface area contributed by atoms with E-state index in [1.54, 1.807) is 0 Å². The number of nitrogens with zero attached hydrogens (tertiary/aromatic N) is 1. The van der Waals surface area contributed by atoms with E-state index in [9.17, 15) is 0 Å². The summed E-state index contributed by atoms with van der Waals surface area (Å²) in [5.74, 6) is 0. The molecule has 0 aromatic carbocycles. The molecule has 0 fully saturated rings. The van der Waals surface area contributed by atoms with Crippen molar-refractivity contribution in [1.82, 2.24) is 0 Å². The van der Waals surface area contributed by atoms with E-state index in [2.05, 4.69) is 32.7 Å². The smallest absolute Gasteiger partial charge is 0.0442 e. The highest BCUT2D eigenvalue weighted by atomic mass is 14.8. The Hall–Kier alpha value is -0.330. The van der Waals surface area contributed by atoms with Crippen LogP contribution >= 0.6 is 0 Å². The van der Waals surface area contributed by atoms with Crippen LogP contribution < -0.4 is 0 Å². The first-order valence-electron chi connectivity index (χ1n) is 4.20. The molecule has 0 aliphatic rings. The van der Waals surface area contributed by atoms with Crippen LogP contribution in [0.3, 0.4) is 0 Å². The Balaban J connectivity index is 3.49. The lowest BCUT2D eigenvalue weighted by Gasteiger charge is -2.00. The summed E-state index contributed by atoms with van der Waals surface area (Å²) in [6.07, 6.45) is 3.72. The van der Waals surface area contributed by atoms with Gasteiger partial charge in [-0.3, -0.25) is 4.99 Å². The Bertz CT molecular complexity index is 103. The predicted octanol–water partition coefficient (Wildman–Crippen LogP) is 3.05. The van der Waals surface area contributed by atoms with Crippen LogP contribution in [0.25, 0.3) is 0 Å². The average Bonchev–Trinajstić information content (AvgIpc) is 1.82. The lowest BCUT2D eigenvalue weighted by molar-refractivity contribution is 0.797. The van der Waals surface area contributed by atoms with Crippen LogP contribution in [0, 0.1) is 0 Å². The third kappa shape index (κ3) is 5.80. The summed E-state index contributed by atoms with van der Waals surface area (Å²) in [7, 11) is 0. The first-order valence-corrected chi connectivity index (χ1v) is 4.20. The molecule has 1 nitrogen and oxygen atoms in total. The Morgan fingerprint density at radius 1 is 1.40 bits per heavy atom. The quantitative estimate of drug-likeness (QED) is 0.534. The number of rotatable bonds is 4. The van der Waals surface area contributed by atoms with Crippen molar-refractivity contribution in [3.63, 3.8) is 0 Å². The van der Waals surface area contributed by atoms with Gasteiger partial charge in [-0.2, -0.15) is 0 Å². The zero-order valence-electron chi connectivity index (χ0n) is 7.65. The molecule has 0 aliphatic heterocycles. The van der Waals surface area contributed by atoms with E-state index < -0.39 is 0 Å². The SMILES string of the molecule is CCCCC(C)=NC(C)C. The summed E-state index contributed by atoms with van der Waals surface area (Å²) in [5, 5.41) is 0. The van der Waals surface area contributed by atoms with Crippen LogP contribution in [-0.2, 0) is 0 Å². The minimum Gasteiger partial charge on any atom is -0.292 e. The lowest BCUT2D eigenvalue weighted by atomic mass is 10.2. The van der Waals surface area contributed by atoms with Gasteiger partial charge in [-0.15, -0.1) is 0 Å². The third-order valence-corrected chi connectivity index (χ3v) is 1.37. The standard InChI is InChI=1S/C9H19N/c1-5-6-7-9(4)10-8(2)3/h8H,5-7H2,1-4H3. The molecule has 0 N–H and O–H groups in total. The fourth-order valence-corrected chi connectivity index (χ4v) is 0.938. The molecule has 0 rings (SSSR count). The Labute approximate surface area is 64.6 Å². The number of hydrogen-bond donors (Lipinski definition) is 0. The predicted molar refractivity (Wildman–Crippen MR) is 47.8 cm³/mol. The largest absolute Gasteiger partial charge is 0.292 e. The molecule has 0 radical (unpaired) electrons. The molecule has 0 saturated heterocycles. The second-order valence-electron chi connectivity index (χ2n) is 3.06. The molecule has 10 heavy (non-hydrogen) atoms. The molecule has 0 unspecified atom stereocenters. The van der Waals surface area contributed by atoms with Gasteiger partial charge in [-0.05, 0) is 33.6 Å². The normalized spacial score (nSPS) is 12.7. The first kappa shape index (κ1) is 9.67. The average molecular weight is 141 g/mol. The molecule has 0 amide bonds. The minimum absolute atomic E-state index is 0.469. The fourth-order valence-electron chi connectivity index (χ4n) is 0.938. The van der Waals surface area contributed by atoms with E-state index in [0.717, 1.165) is 0 Å². The highest BCUT2D eigenvalue weighted by molar-refractivity contribution is 5.81. The van der Waals surface area contributed by atoms with Crippen molar-refractivity contribution in [3.8, 4) is 0 Å². The number of unbranched alkanes of at least 4 members (excludes halogenated alkanes) is 1. The second kappa shape index (κ2) is 5.45. The molecular weight excluding hydrogens is 122 g/mol. The van der Waals surface area contributed by atoms with Crippen molar-refractivity contribution >= 4 is 5.71 Å². The lowest BCUT2D eigenvalue weighted by Crippen LogP contribution is -1.97. The second-order valence-corrected chi connectivity index (χ2v) is 3.06. The summed E-state index contributed by atoms with van der Waals surface area (Å²) >= 11 is 0. The van der Waals surface area contributed by atoms with E-state index in [4.69, 9.17) is 0 Å². The molecule has 0 spiro atoms. The molecule has 0 aromatic heterocycles. The molecule has 0 bridgehead atoms. The van der Waals surface area contributed by atoms with Crippen LogP contribution in [0.4, 0.5) is 0 Å². The Morgan fingerprint density at radius 2 is 2.00 bits per heavy atom. The van der Waals surface area contributed by atoms with Crippen molar-refractivity contribution in [1.29, 1.82) is 0 Å². The van der Waals surface area contributed by atoms with Gasteiger partial charge in [0.1, 0.15) is 0 Å². The maximum absolute atomic E-state index is 4.43. The van der Waals surface area contributed by atoms with Crippen LogP contribution in [0.1, 0.15) is 47.0 Å². The molecule has 60 valence electrons. The summed E-state index contributed by atoms with van der Waals surface area (Å²) in [6.45, 7) is 8.57. The van der Waals surface area contributed by atoms with Gasteiger partial charge in [0.25, 0.3) is 0 Å². The van der Waals surface area contributed by atoms with E-state index in [-0.39, 0.29) is 0 Å². The van der Waals surface area contributed by atoms with E-state index in [0.29, 0.717) is 6.04 Å². The molecule has 0 heterocycles. The van der Waals surface area contributed by atoms with Gasteiger partial charge in [0.05, 0.1) is 0 Å². The van der Waals surface area contributed by atoms with Crippen molar-refractivity contribution in [2.75, 3.05) is 0 Å². The highest BCUT2D eigenvalue weighted by Gasteiger charge is 1.91. The monoisotopic (exact) mass is 141 g/mol. The van der Waals surface area contributed by atoms with Gasteiger partial charge >= 0.3 is 0 Å². The van der Waals surface area contributed by atoms with E-state index in [1.165, 1.54) is 25.0 Å². The van der Waals surface area contributed by atoms with E-state index >= 15 is 0 Å². The maximum atomic E-state index is 4.43. The first-order chi connectivity index (χ1) is 4.66. The molecule has 0 saturated carbocycles. The van der Waals surface area contributed by atoms with Gasteiger partial charge in [0, 0.05) is 11.8 Å². The van der Waals surface area contributed by atoms with Crippen LogP contribution in [-0.4, -0.2) is 11.8 Å². The van der Waals surface area contributed by atoms with Crippen molar-refractivity contribution in [2.45, 2.75) is 53.0 Å². The van der Waals surface area contributed by atoms with Crippen LogP contribution in [0.5, 0.6) is 0 Å². The fraction of sp³-hybridized carbons (Fsp3) is 0.889. The van der Waals surface area contributed by atoms with Crippen molar-refractivity contribution in [3.05, 3.63) is 0 Å². The summed E-state index contributed by atoms with van der Waals surface area (Å²) in [6, 6.07) is 0.469. The van der Waals surface area contributed by atoms with E-state index in [1.807, 2.05) is 0 Å². The third-order valence-electron chi connectivity index (χ3n) is 1.37. The summed E-state index contributed by atoms with van der Waals surface area (Å²) in [5.41, 5.74) is 1.30. The summed E-state index contributed by atoms with van der Waals surface area (Å²) < 4.78 is 0.